The van der Waals surface area contributed by atoms with E-state index in [2.05, 4.69) is 10.4 Å². The van der Waals surface area contributed by atoms with E-state index < -0.39 is 0 Å². The Bertz CT molecular complexity index is 531. The van der Waals surface area contributed by atoms with Crippen molar-refractivity contribution in [3.63, 3.8) is 0 Å². The zero-order valence-corrected chi connectivity index (χ0v) is 13.5. The molecular weight excluding hydrogens is 278 g/mol. The van der Waals surface area contributed by atoms with E-state index in [-0.39, 0.29) is 11.5 Å². The Morgan fingerprint density at radius 1 is 1.23 bits per heavy atom. The van der Waals surface area contributed by atoms with Crippen molar-refractivity contribution in [1.82, 2.24) is 15.1 Å². The predicted molar refractivity (Wildman–Crippen MR) is 86.9 cm³/mol. The lowest BCUT2D eigenvalue weighted by Crippen LogP contribution is -2.32. The van der Waals surface area contributed by atoms with E-state index in [1.54, 1.807) is 0 Å². The number of nitrogens with zero attached hydrogens (tertiary/aromatic N) is 2. The summed E-state index contributed by atoms with van der Waals surface area (Å²) >= 11 is 0. The molecule has 1 heterocycles. The molecule has 1 amide bonds. The van der Waals surface area contributed by atoms with Crippen molar-refractivity contribution >= 4 is 5.91 Å². The third-order valence-corrected chi connectivity index (χ3v) is 4.31. The average molecular weight is 305 g/mol. The molecule has 0 radical (unpaired) electrons. The molecule has 0 spiro atoms. The van der Waals surface area contributed by atoms with Gasteiger partial charge < -0.3 is 5.32 Å². The summed E-state index contributed by atoms with van der Waals surface area (Å²) in [6, 6.07) is 2.94. The molecule has 1 aliphatic carbocycles. The van der Waals surface area contributed by atoms with Gasteiger partial charge in [0.15, 0.2) is 0 Å². The minimum atomic E-state index is -0.174. The third kappa shape index (κ3) is 4.97. The van der Waals surface area contributed by atoms with Gasteiger partial charge in [0.1, 0.15) is 5.69 Å². The second kappa shape index (κ2) is 8.71. The van der Waals surface area contributed by atoms with E-state index in [4.69, 9.17) is 0 Å². The summed E-state index contributed by atoms with van der Waals surface area (Å²) in [7, 11) is 0. The fraction of sp³-hybridized carbons (Fsp3) is 0.706. The Hall–Kier alpha value is -1.65. The number of carbonyl (C=O) groups excluding carboxylic acids is 1. The highest BCUT2D eigenvalue weighted by Crippen LogP contribution is 2.21. The molecule has 0 bridgehead atoms. The standard InChI is InChI=1S/C17H27N3O2/c1-2-12-20-16(21)11-10-15(19-20)17(22)18-13-14-8-6-4-3-5-7-9-14/h10-11,14H,2-9,12-13H2,1H3,(H,18,22). The van der Waals surface area contributed by atoms with Gasteiger partial charge >= 0.3 is 0 Å². The Morgan fingerprint density at radius 2 is 1.91 bits per heavy atom. The molecular formula is C17H27N3O2. The summed E-state index contributed by atoms with van der Waals surface area (Å²) in [5.74, 6) is 0.401. The summed E-state index contributed by atoms with van der Waals surface area (Å²) in [5, 5.41) is 7.14. The minimum absolute atomic E-state index is 0.154. The Kier molecular flexibility index (Phi) is 6.62. The number of nitrogens with one attached hydrogen (secondary N) is 1. The lowest BCUT2D eigenvalue weighted by Gasteiger charge is -2.19. The lowest BCUT2D eigenvalue weighted by atomic mass is 9.91. The normalized spacial score (nSPS) is 16.8. The van der Waals surface area contributed by atoms with Crippen LogP contribution >= 0.6 is 0 Å². The zero-order valence-electron chi connectivity index (χ0n) is 13.5. The van der Waals surface area contributed by atoms with Gasteiger partial charge in [0.2, 0.25) is 0 Å². The SMILES string of the molecule is CCCn1nc(C(=O)NCC2CCCCCCC2)ccc1=O. The molecule has 5 nitrogen and oxygen atoms in total. The Balaban J connectivity index is 1.91. The maximum Gasteiger partial charge on any atom is 0.271 e. The van der Waals surface area contributed by atoms with E-state index in [1.807, 2.05) is 6.92 Å². The van der Waals surface area contributed by atoms with E-state index >= 15 is 0 Å². The molecule has 5 heteroatoms. The van der Waals surface area contributed by atoms with Gasteiger partial charge in [-0.25, -0.2) is 4.68 Å². The second-order valence-electron chi connectivity index (χ2n) is 6.20. The predicted octanol–water partition coefficient (Wildman–Crippen LogP) is 2.74. The maximum absolute atomic E-state index is 12.2. The number of hydrogen-bond acceptors (Lipinski definition) is 3. The van der Waals surface area contributed by atoms with E-state index in [1.165, 1.54) is 61.8 Å². The first kappa shape index (κ1) is 16.7. The Labute approximate surface area is 132 Å². The van der Waals surface area contributed by atoms with Gasteiger partial charge in [-0.2, -0.15) is 5.10 Å². The van der Waals surface area contributed by atoms with Crippen molar-refractivity contribution in [2.24, 2.45) is 5.92 Å². The highest BCUT2D eigenvalue weighted by molar-refractivity contribution is 5.91. The van der Waals surface area contributed by atoms with Crippen LogP contribution in [-0.4, -0.2) is 22.2 Å². The fourth-order valence-electron chi connectivity index (χ4n) is 3.01. The topological polar surface area (TPSA) is 64.0 Å². The lowest BCUT2D eigenvalue weighted by molar-refractivity contribution is 0.0937. The Morgan fingerprint density at radius 3 is 2.59 bits per heavy atom. The number of aryl methyl sites for hydroxylation is 1. The number of hydrogen-bond donors (Lipinski definition) is 1. The molecule has 2 rings (SSSR count). The van der Waals surface area contributed by atoms with Crippen LogP contribution in [0.25, 0.3) is 0 Å². The van der Waals surface area contributed by atoms with Gasteiger partial charge in [0, 0.05) is 19.2 Å². The molecule has 1 N–H and O–H groups in total. The van der Waals surface area contributed by atoms with Gasteiger partial charge in [-0.05, 0) is 31.2 Å². The van der Waals surface area contributed by atoms with Gasteiger partial charge in [0.05, 0.1) is 0 Å². The largest absolute Gasteiger partial charge is 0.350 e. The van der Waals surface area contributed by atoms with Gasteiger partial charge in [-0.15, -0.1) is 0 Å². The van der Waals surface area contributed by atoms with E-state index in [9.17, 15) is 9.59 Å². The minimum Gasteiger partial charge on any atom is -0.350 e. The number of carbonyl (C=O) groups is 1. The first-order valence-corrected chi connectivity index (χ1v) is 8.57. The number of rotatable bonds is 5. The summed E-state index contributed by atoms with van der Waals surface area (Å²) in [4.78, 5) is 23.8. The van der Waals surface area contributed by atoms with Crippen LogP contribution in [-0.2, 0) is 6.54 Å². The maximum atomic E-state index is 12.2. The molecule has 1 aromatic heterocycles. The van der Waals surface area contributed by atoms with Crippen LogP contribution in [0.5, 0.6) is 0 Å². The molecule has 0 atom stereocenters. The fourth-order valence-corrected chi connectivity index (χ4v) is 3.01. The molecule has 1 aromatic rings. The third-order valence-electron chi connectivity index (χ3n) is 4.31. The van der Waals surface area contributed by atoms with Gasteiger partial charge in [-0.1, -0.05) is 39.0 Å². The van der Waals surface area contributed by atoms with Crippen LogP contribution in [0.4, 0.5) is 0 Å². The van der Waals surface area contributed by atoms with Crippen molar-refractivity contribution < 1.29 is 4.79 Å². The van der Waals surface area contributed by atoms with Crippen molar-refractivity contribution in [2.75, 3.05) is 6.54 Å². The van der Waals surface area contributed by atoms with Crippen LogP contribution in [0, 0.1) is 5.92 Å². The molecule has 122 valence electrons. The van der Waals surface area contributed by atoms with Crippen LogP contribution < -0.4 is 10.9 Å². The summed E-state index contributed by atoms with van der Waals surface area (Å²) < 4.78 is 1.37. The first-order chi connectivity index (χ1) is 10.7. The van der Waals surface area contributed by atoms with Crippen molar-refractivity contribution in [3.8, 4) is 0 Å². The summed E-state index contributed by atoms with van der Waals surface area (Å²) in [5.41, 5.74) is 0.178. The van der Waals surface area contributed by atoms with Crippen LogP contribution in [0.15, 0.2) is 16.9 Å². The monoisotopic (exact) mass is 305 g/mol. The first-order valence-electron chi connectivity index (χ1n) is 8.57. The van der Waals surface area contributed by atoms with Gasteiger partial charge in [-0.3, -0.25) is 9.59 Å². The molecule has 1 aliphatic rings. The summed E-state index contributed by atoms with van der Waals surface area (Å²) in [6.07, 6.45) is 9.72. The molecule has 1 saturated carbocycles. The van der Waals surface area contributed by atoms with Crippen molar-refractivity contribution in [3.05, 3.63) is 28.2 Å². The summed E-state index contributed by atoms with van der Waals surface area (Å²) in [6.45, 7) is 3.24. The zero-order chi connectivity index (χ0) is 15.8. The molecule has 0 saturated heterocycles. The molecule has 0 unspecified atom stereocenters. The van der Waals surface area contributed by atoms with Crippen LogP contribution in [0.1, 0.15) is 68.8 Å². The molecule has 0 aliphatic heterocycles. The average Bonchev–Trinajstić information content (AvgIpc) is 2.48. The number of amides is 1. The van der Waals surface area contributed by atoms with E-state index in [0.29, 0.717) is 24.7 Å². The highest BCUT2D eigenvalue weighted by Gasteiger charge is 2.14. The molecule has 22 heavy (non-hydrogen) atoms. The van der Waals surface area contributed by atoms with Crippen molar-refractivity contribution in [2.45, 2.75) is 64.8 Å². The number of aromatic nitrogens is 2. The van der Waals surface area contributed by atoms with Crippen molar-refractivity contribution in [1.29, 1.82) is 0 Å². The van der Waals surface area contributed by atoms with E-state index in [0.717, 1.165) is 6.42 Å². The smallest absolute Gasteiger partial charge is 0.271 e. The quantitative estimate of drug-likeness (QED) is 0.909. The van der Waals surface area contributed by atoms with Crippen LogP contribution in [0.3, 0.4) is 0 Å². The second-order valence-corrected chi connectivity index (χ2v) is 6.20. The highest BCUT2D eigenvalue weighted by atomic mass is 16.2. The molecule has 1 fully saturated rings. The van der Waals surface area contributed by atoms with Gasteiger partial charge in [0.25, 0.3) is 11.5 Å². The van der Waals surface area contributed by atoms with Crippen LogP contribution in [0.2, 0.25) is 0 Å². The molecule has 0 aromatic carbocycles.